The van der Waals surface area contributed by atoms with Gasteiger partial charge >= 0.3 is 0 Å². The second-order valence-electron chi connectivity index (χ2n) is 5.61. The first-order chi connectivity index (χ1) is 10.3. The van der Waals surface area contributed by atoms with E-state index in [4.69, 9.17) is 4.74 Å². The fourth-order valence-corrected chi connectivity index (χ4v) is 2.79. The van der Waals surface area contributed by atoms with E-state index in [9.17, 15) is 5.11 Å². The molecule has 1 atom stereocenters. The molecule has 0 heterocycles. The molecule has 0 radical (unpaired) electrons. The molecule has 0 spiro atoms. The van der Waals surface area contributed by atoms with Gasteiger partial charge in [-0.05, 0) is 36.1 Å². The van der Waals surface area contributed by atoms with Crippen molar-refractivity contribution in [1.29, 1.82) is 0 Å². The van der Waals surface area contributed by atoms with Gasteiger partial charge in [-0.3, -0.25) is 0 Å². The van der Waals surface area contributed by atoms with Gasteiger partial charge in [0, 0.05) is 6.04 Å². The zero-order valence-electron chi connectivity index (χ0n) is 12.2. The Bertz CT molecular complexity index is 562. The average Bonchev–Trinajstić information content (AvgIpc) is 2.51. The lowest BCUT2D eigenvalue weighted by molar-refractivity contribution is 0.0595. The molecule has 0 amide bonds. The number of aliphatic hydroxyl groups is 1. The largest absolute Gasteiger partial charge is 0.497 e. The smallest absolute Gasteiger partial charge is 0.118 e. The van der Waals surface area contributed by atoms with E-state index in [1.54, 1.807) is 7.11 Å². The highest BCUT2D eigenvalue weighted by Crippen LogP contribution is 2.28. The summed E-state index contributed by atoms with van der Waals surface area (Å²) in [5, 5.41) is 13.1. The lowest BCUT2D eigenvalue weighted by Crippen LogP contribution is -2.45. The summed E-state index contributed by atoms with van der Waals surface area (Å²) in [6, 6.07) is 19.1. The maximum Gasteiger partial charge on any atom is 0.118 e. The standard InChI is InChI=1S/C18H21NO2/c1-21-17-9-7-14(8-10-17)18(13-5-3-2-4-6-13)19-15-11-16(20)12-15/h2-10,15-16,18-20H,11-12H2,1H3. The molecule has 3 rings (SSSR count). The normalized spacial score (nSPS) is 22.4. The Morgan fingerprint density at radius 2 is 1.62 bits per heavy atom. The lowest BCUT2D eigenvalue weighted by atomic mass is 9.87. The Hall–Kier alpha value is -1.84. The second-order valence-corrected chi connectivity index (χ2v) is 5.61. The molecule has 21 heavy (non-hydrogen) atoms. The van der Waals surface area contributed by atoms with Crippen molar-refractivity contribution in [3.63, 3.8) is 0 Å². The Labute approximate surface area is 125 Å². The van der Waals surface area contributed by atoms with Gasteiger partial charge in [-0.15, -0.1) is 0 Å². The van der Waals surface area contributed by atoms with Gasteiger partial charge in [-0.25, -0.2) is 0 Å². The predicted octanol–water partition coefficient (Wildman–Crippen LogP) is 2.90. The molecule has 1 aliphatic rings. The van der Waals surface area contributed by atoms with Crippen molar-refractivity contribution >= 4 is 0 Å². The molecule has 2 aromatic carbocycles. The van der Waals surface area contributed by atoms with E-state index in [2.05, 4.69) is 41.7 Å². The van der Waals surface area contributed by atoms with E-state index in [0.29, 0.717) is 6.04 Å². The first kappa shape index (κ1) is 14.1. The fourth-order valence-electron chi connectivity index (χ4n) is 2.79. The molecule has 1 fully saturated rings. The van der Waals surface area contributed by atoms with E-state index in [1.807, 2.05) is 18.2 Å². The third-order valence-electron chi connectivity index (χ3n) is 4.10. The van der Waals surface area contributed by atoms with Crippen LogP contribution in [0.1, 0.15) is 30.0 Å². The third kappa shape index (κ3) is 3.26. The van der Waals surface area contributed by atoms with Gasteiger partial charge in [0.1, 0.15) is 5.75 Å². The quantitative estimate of drug-likeness (QED) is 0.886. The van der Waals surface area contributed by atoms with Crippen LogP contribution in [0, 0.1) is 0 Å². The number of hydrogen-bond donors (Lipinski definition) is 2. The maximum absolute atomic E-state index is 9.48. The highest BCUT2D eigenvalue weighted by atomic mass is 16.5. The molecule has 0 aliphatic heterocycles. The summed E-state index contributed by atoms with van der Waals surface area (Å²) < 4.78 is 5.23. The molecule has 0 aromatic heterocycles. The first-order valence-corrected chi connectivity index (χ1v) is 7.39. The van der Waals surface area contributed by atoms with Gasteiger partial charge in [0.25, 0.3) is 0 Å². The summed E-state index contributed by atoms with van der Waals surface area (Å²) in [5.74, 6) is 0.865. The molecule has 3 nitrogen and oxygen atoms in total. The van der Waals surface area contributed by atoms with Gasteiger partial charge in [0.15, 0.2) is 0 Å². The molecule has 2 aromatic rings. The zero-order chi connectivity index (χ0) is 14.7. The molecule has 110 valence electrons. The summed E-state index contributed by atoms with van der Waals surface area (Å²) in [4.78, 5) is 0. The molecule has 1 saturated carbocycles. The summed E-state index contributed by atoms with van der Waals surface area (Å²) >= 11 is 0. The van der Waals surface area contributed by atoms with Crippen LogP contribution >= 0.6 is 0 Å². The number of rotatable bonds is 5. The highest BCUT2D eigenvalue weighted by molar-refractivity contribution is 5.35. The van der Waals surface area contributed by atoms with Crippen molar-refractivity contribution in [3.05, 3.63) is 65.7 Å². The highest BCUT2D eigenvalue weighted by Gasteiger charge is 2.29. The van der Waals surface area contributed by atoms with Gasteiger partial charge in [0.2, 0.25) is 0 Å². The lowest BCUT2D eigenvalue weighted by Gasteiger charge is -2.36. The van der Waals surface area contributed by atoms with Crippen LogP contribution in [0.5, 0.6) is 5.75 Å². The maximum atomic E-state index is 9.48. The second kappa shape index (κ2) is 6.29. The van der Waals surface area contributed by atoms with Crippen LogP contribution in [0.15, 0.2) is 54.6 Å². The van der Waals surface area contributed by atoms with E-state index >= 15 is 0 Å². The van der Waals surface area contributed by atoms with Gasteiger partial charge in [-0.2, -0.15) is 0 Å². The van der Waals surface area contributed by atoms with Gasteiger partial charge < -0.3 is 15.2 Å². The van der Waals surface area contributed by atoms with E-state index in [-0.39, 0.29) is 12.1 Å². The fraction of sp³-hybridized carbons (Fsp3) is 0.333. The summed E-state index contributed by atoms with van der Waals surface area (Å²) in [7, 11) is 1.68. The minimum Gasteiger partial charge on any atom is -0.497 e. The van der Waals surface area contributed by atoms with Gasteiger partial charge in [-0.1, -0.05) is 42.5 Å². The van der Waals surface area contributed by atoms with Crippen LogP contribution in [0.3, 0.4) is 0 Å². The first-order valence-electron chi connectivity index (χ1n) is 7.39. The topological polar surface area (TPSA) is 41.5 Å². The summed E-state index contributed by atoms with van der Waals surface area (Å²) in [5.41, 5.74) is 2.45. The van der Waals surface area contributed by atoms with E-state index in [0.717, 1.165) is 18.6 Å². The van der Waals surface area contributed by atoms with Crippen LogP contribution in [-0.4, -0.2) is 24.4 Å². The van der Waals surface area contributed by atoms with E-state index < -0.39 is 0 Å². The molecular formula is C18H21NO2. The monoisotopic (exact) mass is 283 g/mol. The Balaban J connectivity index is 1.83. The van der Waals surface area contributed by atoms with Crippen LogP contribution in [0.4, 0.5) is 0 Å². The molecule has 1 aliphatic carbocycles. The van der Waals surface area contributed by atoms with Crippen molar-refractivity contribution in [3.8, 4) is 5.75 Å². The van der Waals surface area contributed by atoms with Crippen molar-refractivity contribution in [2.75, 3.05) is 7.11 Å². The molecular weight excluding hydrogens is 262 g/mol. The van der Waals surface area contributed by atoms with Crippen molar-refractivity contribution in [2.45, 2.75) is 31.0 Å². The van der Waals surface area contributed by atoms with Crippen molar-refractivity contribution in [1.82, 2.24) is 5.32 Å². The number of methoxy groups -OCH3 is 1. The summed E-state index contributed by atoms with van der Waals surface area (Å²) in [6.07, 6.45) is 1.52. The zero-order valence-corrected chi connectivity index (χ0v) is 12.2. The van der Waals surface area contributed by atoms with Crippen LogP contribution in [0.25, 0.3) is 0 Å². The minimum absolute atomic E-state index is 0.144. The number of aliphatic hydroxyl groups excluding tert-OH is 1. The summed E-state index contributed by atoms with van der Waals surface area (Å²) in [6.45, 7) is 0. The van der Waals surface area contributed by atoms with Crippen molar-refractivity contribution < 1.29 is 9.84 Å². The molecule has 3 heteroatoms. The van der Waals surface area contributed by atoms with Crippen LogP contribution < -0.4 is 10.1 Å². The molecule has 0 saturated heterocycles. The Morgan fingerprint density at radius 3 is 2.19 bits per heavy atom. The van der Waals surface area contributed by atoms with Crippen LogP contribution in [-0.2, 0) is 0 Å². The number of ether oxygens (including phenoxy) is 1. The molecule has 0 bridgehead atoms. The Kier molecular flexibility index (Phi) is 4.23. The van der Waals surface area contributed by atoms with Crippen molar-refractivity contribution in [2.24, 2.45) is 0 Å². The number of benzene rings is 2. The Morgan fingerprint density at radius 1 is 1.00 bits per heavy atom. The van der Waals surface area contributed by atoms with E-state index in [1.165, 1.54) is 11.1 Å². The SMILES string of the molecule is COc1ccc(C(NC2CC(O)C2)c2ccccc2)cc1. The molecule has 2 N–H and O–H groups in total. The minimum atomic E-state index is -0.144. The van der Waals surface area contributed by atoms with Crippen LogP contribution in [0.2, 0.25) is 0 Å². The van der Waals surface area contributed by atoms with Gasteiger partial charge in [0.05, 0.1) is 19.3 Å². The third-order valence-corrected chi connectivity index (χ3v) is 4.10. The predicted molar refractivity (Wildman–Crippen MR) is 83.4 cm³/mol. The molecule has 1 unspecified atom stereocenters. The average molecular weight is 283 g/mol. The number of hydrogen-bond acceptors (Lipinski definition) is 3. The number of nitrogens with one attached hydrogen (secondary N) is 1.